The Morgan fingerprint density at radius 3 is 2.44 bits per heavy atom. The molecule has 2 saturated carbocycles. The molecule has 3 fully saturated rings. The first-order valence-electron chi connectivity index (χ1n) is 10.2. The maximum Gasteiger partial charge on any atom is 0.340 e. The average molecular weight is 387 g/mol. The van der Waals surface area contributed by atoms with Gasteiger partial charge in [0.05, 0.1) is 31.3 Å². The Labute approximate surface area is 157 Å². The molecular weight excluding hydrogens is 359 g/mol. The van der Waals surface area contributed by atoms with E-state index in [2.05, 4.69) is 5.10 Å². The third-order valence-corrected chi connectivity index (χ3v) is 6.34. The number of hydrogen-bond acceptors (Lipinski definition) is 3. The highest BCUT2D eigenvalue weighted by molar-refractivity contribution is 5.79. The summed E-state index contributed by atoms with van der Waals surface area (Å²) in [6.45, 7) is 0.839. The molecule has 2 amide bonds. The van der Waals surface area contributed by atoms with Gasteiger partial charge in [-0.25, -0.2) is 23.0 Å². The van der Waals surface area contributed by atoms with Crippen molar-refractivity contribution >= 4 is 12.2 Å². The maximum atomic E-state index is 13.9. The number of amides is 2. The minimum atomic E-state index is -1.15. The predicted octanol–water partition coefficient (Wildman–Crippen LogP) is 3.62. The molecule has 0 bridgehead atoms. The van der Waals surface area contributed by atoms with Crippen molar-refractivity contribution < 1.29 is 22.7 Å². The van der Waals surface area contributed by atoms with Crippen molar-refractivity contribution in [2.45, 2.75) is 88.1 Å². The zero-order chi connectivity index (χ0) is 19.0. The Morgan fingerprint density at radius 1 is 1.04 bits per heavy atom. The molecule has 0 spiro atoms. The van der Waals surface area contributed by atoms with E-state index in [9.17, 15) is 18.0 Å². The summed E-state index contributed by atoms with van der Waals surface area (Å²) in [5.41, 5.74) is 0. The Kier molecular flexibility index (Phi) is 5.62. The van der Waals surface area contributed by atoms with Crippen molar-refractivity contribution in [2.24, 2.45) is 11.0 Å². The van der Waals surface area contributed by atoms with Crippen molar-refractivity contribution in [3.05, 3.63) is 0 Å². The molecule has 27 heavy (non-hydrogen) atoms. The van der Waals surface area contributed by atoms with E-state index in [0.29, 0.717) is 25.9 Å². The minimum Gasteiger partial charge on any atom is -0.368 e. The minimum absolute atomic E-state index is 0.0418. The smallest absolute Gasteiger partial charge is 0.340 e. The van der Waals surface area contributed by atoms with Crippen molar-refractivity contribution in [1.29, 1.82) is 0 Å². The highest BCUT2D eigenvalue weighted by atomic mass is 19.1. The fourth-order valence-electron chi connectivity index (χ4n) is 4.83. The average Bonchev–Trinajstić information content (AvgIpc) is 3.07. The molecule has 1 saturated heterocycles. The number of halogens is 3. The first-order valence-corrected chi connectivity index (χ1v) is 10.2. The quantitative estimate of drug-likeness (QED) is 0.742. The van der Waals surface area contributed by atoms with Crippen LogP contribution in [0.5, 0.6) is 0 Å². The maximum absolute atomic E-state index is 13.9. The summed E-state index contributed by atoms with van der Waals surface area (Å²) in [6, 6.07) is -0.520. The lowest BCUT2D eigenvalue weighted by molar-refractivity contribution is -0.115. The van der Waals surface area contributed by atoms with Gasteiger partial charge >= 0.3 is 6.03 Å². The molecule has 0 radical (unpaired) electrons. The van der Waals surface area contributed by atoms with Crippen LogP contribution in [0.3, 0.4) is 0 Å². The molecular formula is C19H28F3N3O2. The van der Waals surface area contributed by atoms with Gasteiger partial charge in [-0.3, -0.25) is 0 Å². The number of nitrogens with zero attached hydrogens (tertiary/aromatic N) is 3. The molecule has 0 aromatic heterocycles. The van der Waals surface area contributed by atoms with Gasteiger partial charge in [-0.2, -0.15) is 5.10 Å². The first-order chi connectivity index (χ1) is 13.0. The number of alkyl halides is 3. The number of carbonyl (C=O) groups excluding carboxylic acids is 1. The third-order valence-electron chi connectivity index (χ3n) is 6.34. The fraction of sp³-hybridized carbons (Fsp3) is 0.895. The number of hydrazone groups is 1. The Hall–Kier alpha value is -1.31. The standard InChI is InChI=1S/C19H28F3N3O2/c20-13-7-12(8-14(21)9-13)17-5-6-23-25(17)19(26)24-10-15(11-24)27-18-4-2-1-3-16(18)22/h6,12-18H,1-5,7-11H2/t12?,13?,14?,16?,17-,18?/m0/s1. The highest BCUT2D eigenvalue weighted by Crippen LogP contribution is 2.36. The molecule has 5 atom stereocenters. The molecule has 2 aliphatic heterocycles. The number of likely N-dealkylation sites (tertiary alicyclic amines) is 1. The Bertz CT molecular complexity index is 562. The number of urea groups is 1. The molecule has 0 N–H and O–H groups in total. The highest BCUT2D eigenvalue weighted by Gasteiger charge is 2.43. The number of rotatable bonds is 3. The number of hydrogen-bond donors (Lipinski definition) is 0. The van der Waals surface area contributed by atoms with Gasteiger partial charge in [-0.1, -0.05) is 12.8 Å². The van der Waals surface area contributed by atoms with Crippen molar-refractivity contribution in [3.8, 4) is 0 Å². The summed E-state index contributed by atoms with van der Waals surface area (Å²) in [7, 11) is 0. The molecule has 5 nitrogen and oxygen atoms in total. The van der Waals surface area contributed by atoms with Gasteiger partial charge in [0.25, 0.3) is 0 Å². The monoisotopic (exact) mass is 387 g/mol. The second kappa shape index (κ2) is 7.97. The van der Waals surface area contributed by atoms with E-state index in [1.807, 2.05) is 0 Å². The van der Waals surface area contributed by atoms with Crippen LogP contribution in [0, 0.1) is 5.92 Å². The zero-order valence-corrected chi connectivity index (χ0v) is 15.5. The van der Waals surface area contributed by atoms with Crippen molar-refractivity contribution in [2.75, 3.05) is 13.1 Å². The lowest BCUT2D eigenvalue weighted by atomic mass is 9.81. The van der Waals surface area contributed by atoms with Gasteiger partial charge in [-0.15, -0.1) is 0 Å². The van der Waals surface area contributed by atoms with Crippen LogP contribution in [0.15, 0.2) is 5.10 Å². The third kappa shape index (κ3) is 4.10. The van der Waals surface area contributed by atoms with E-state index in [4.69, 9.17) is 4.74 Å². The van der Waals surface area contributed by atoms with Gasteiger partial charge in [0, 0.05) is 19.1 Å². The van der Waals surface area contributed by atoms with E-state index in [1.54, 1.807) is 11.1 Å². The van der Waals surface area contributed by atoms with Crippen LogP contribution < -0.4 is 0 Å². The molecule has 2 aliphatic carbocycles. The summed E-state index contributed by atoms with van der Waals surface area (Å²) < 4.78 is 47.3. The van der Waals surface area contributed by atoms with Crippen LogP contribution in [0.25, 0.3) is 0 Å². The summed E-state index contributed by atoms with van der Waals surface area (Å²) in [4.78, 5) is 14.4. The van der Waals surface area contributed by atoms with Gasteiger partial charge < -0.3 is 9.64 Å². The molecule has 0 aromatic carbocycles. The molecule has 0 aromatic rings. The van der Waals surface area contributed by atoms with E-state index < -0.39 is 18.5 Å². The number of carbonyl (C=O) groups is 1. The topological polar surface area (TPSA) is 45.1 Å². The van der Waals surface area contributed by atoms with Gasteiger partial charge in [0.2, 0.25) is 0 Å². The molecule has 4 aliphatic rings. The van der Waals surface area contributed by atoms with E-state index in [1.165, 1.54) is 5.01 Å². The number of ether oxygens (including phenoxy) is 1. The second-order valence-electron chi connectivity index (χ2n) is 8.39. The summed E-state index contributed by atoms with van der Waals surface area (Å²) in [6.07, 6.45) is 2.18. The fourth-order valence-corrected chi connectivity index (χ4v) is 4.83. The first kappa shape index (κ1) is 19.0. The summed E-state index contributed by atoms with van der Waals surface area (Å²) in [5.74, 6) is -0.210. The Balaban J connectivity index is 1.29. The second-order valence-corrected chi connectivity index (χ2v) is 8.39. The molecule has 2 heterocycles. The molecule has 152 valence electrons. The summed E-state index contributed by atoms with van der Waals surface area (Å²) >= 11 is 0. The van der Waals surface area contributed by atoms with Crippen LogP contribution in [0.2, 0.25) is 0 Å². The van der Waals surface area contributed by atoms with Crippen LogP contribution in [-0.4, -0.2) is 72.0 Å². The van der Waals surface area contributed by atoms with Gasteiger partial charge in [-0.05, 0) is 31.6 Å². The van der Waals surface area contributed by atoms with Crippen LogP contribution >= 0.6 is 0 Å². The normalized spacial score (nSPS) is 40.3. The van der Waals surface area contributed by atoms with Crippen LogP contribution in [0.1, 0.15) is 51.4 Å². The lowest BCUT2D eigenvalue weighted by Gasteiger charge is -2.44. The van der Waals surface area contributed by atoms with E-state index in [0.717, 1.165) is 19.3 Å². The Morgan fingerprint density at radius 2 is 1.74 bits per heavy atom. The van der Waals surface area contributed by atoms with Crippen LogP contribution in [0.4, 0.5) is 18.0 Å². The van der Waals surface area contributed by atoms with Gasteiger partial charge in [0.1, 0.15) is 18.5 Å². The lowest BCUT2D eigenvalue weighted by Crippen LogP contribution is -2.60. The largest absolute Gasteiger partial charge is 0.368 e. The van der Waals surface area contributed by atoms with E-state index >= 15 is 0 Å². The molecule has 4 rings (SSSR count). The summed E-state index contributed by atoms with van der Waals surface area (Å²) in [5, 5.41) is 5.56. The van der Waals surface area contributed by atoms with Crippen LogP contribution in [-0.2, 0) is 4.74 Å². The molecule has 8 heteroatoms. The van der Waals surface area contributed by atoms with Crippen molar-refractivity contribution in [1.82, 2.24) is 9.91 Å². The predicted molar refractivity (Wildman–Crippen MR) is 94.9 cm³/mol. The molecule has 4 unspecified atom stereocenters. The van der Waals surface area contributed by atoms with Gasteiger partial charge in [0.15, 0.2) is 0 Å². The zero-order valence-electron chi connectivity index (χ0n) is 15.5. The van der Waals surface area contributed by atoms with Crippen molar-refractivity contribution in [3.63, 3.8) is 0 Å². The SMILES string of the molecule is O=C(N1CC(OC2CCCCC2F)C1)N1N=CC[C@H]1C1CC(F)CC(F)C1. The van der Waals surface area contributed by atoms with E-state index in [-0.39, 0.29) is 49.5 Å².